The molecule has 1 N–H and O–H groups in total. The van der Waals surface area contributed by atoms with Crippen LogP contribution in [0.5, 0.6) is 0 Å². The zero-order chi connectivity index (χ0) is 12.9. The molecule has 0 radical (unpaired) electrons. The van der Waals surface area contributed by atoms with Gasteiger partial charge < -0.3 is 14.4 Å². The van der Waals surface area contributed by atoms with Crippen LogP contribution < -0.4 is 5.32 Å². The lowest BCUT2D eigenvalue weighted by Gasteiger charge is -2.48. The van der Waals surface area contributed by atoms with Crippen LogP contribution in [-0.4, -0.2) is 23.0 Å². The Balaban J connectivity index is 2.33. The molecule has 4 nitrogen and oxygen atoms in total. The molecule has 0 aromatic rings. The highest BCUT2D eigenvalue weighted by atomic mass is 31.2. The molecule has 0 aromatic carbocycles. The van der Waals surface area contributed by atoms with Gasteiger partial charge in [0.05, 0.1) is 11.2 Å². The van der Waals surface area contributed by atoms with E-state index in [-0.39, 0.29) is 0 Å². The fraction of sp³-hybridized carbons (Fsp3) is 1.00. The maximum absolute atomic E-state index is 13.1. The van der Waals surface area contributed by atoms with E-state index in [0.29, 0.717) is 0 Å². The highest BCUT2D eigenvalue weighted by Crippen LogP contribution is 2.68. The van der Waals surface area contributed by atoms with Gasteiger partial charge in [0.2, 0.25) is 0 Å². The minimum Gasteiger partial charge on any atom is -0.301 e. The van der Waals surface area contributed by atoms with Gasteiger partial charge in [-0.1, -0.05) is 0 Å². The van der Waals surface area contributed by atoms with E-state index >= 15 is 0 Å². The predicted octanol–water partition coefficient (Wildman–Crippen LogP) is 3.27. The summed E-state index contributed by atoms with van der Waals surface area (Å²) in [7, 11) is -3.13. The minimum absolute atomic E-state index is 0.398. The molecular formula is C12H24NO3P. The Hall–Kier alpha value is 0.110. The van der Waals surface area contributed by atoms with Gasteiger partial charge in [0.1, 0.15) is 5.28 Å². The van der Waals surface area contributed by atoms with Crippen molar-refractivity contribution in [1.29, 1.82) is 0 Å². The van der Waals surface area contributed by atoms with Crippen LogP contribution >= 0.6 is 7.60 Å². The number of nitrogens with one attached hydrogen (secondary N) is 1. The maximum Gasteiger partial charge on any atom is 0.351 e. The Morgan fingerprint density at radius 3 is 2.00 bits per heavy atom. The quantitative estimate of drug-likeness (QED) is 0.736. The second-order valence-corrected chi connectivity index (χ2v) is 9.03. The lowest BCUT2D eigenvalue weighted by molar-refractivity contribution is -0.0684. The molecular weight excluding hydrogens is 237 g/mol. The third kappa shape index (κ3) is 2.46. The summed E-state index contributed by atoms with van der Waals surface area (Å²) >= 11 is 0. The third-order valence-electron chi connectivity index (χ3n) is 3.54. The van der Waals surface area contributed by atoms with Crippen LogP contribution in [-0.2, 0) is 13.6 Å². The lowest BCUT2D eigenvalue weighted by Crippen LogP contribution is -2.48. The Kier molecular flexibility index (Phi) is 3.03. The fourth-order valence-corrected chi connectivity index (χ4v) is 5.68. The molecule has 17 heavy (non-hydrogen) atoms. The van der Waals surface area contributed by atoms with Crippen molar-refractivity contribution in [3.63, 3.8) is 0 Å². The van der Waals surface area contributed by atoms with Gasteiger partial charge in [0.25, 0.3) is 0 Å². The van der Waals surface area contributed by atoms with E-state index in [0.717, 1.165) is 25.8 Å². The SMILES string of the molecule is CC1(C)CC(C)(C)OP(=O)(C2(C)CCCN2)O1. The van der Waals surface area contributed by atoms with Gasteiger partial charge in [0.15, 0.2) is 0 Å². The lowest BCUT2D eigenvalue weighted by atomic mass is 9.93. The summed E-state index contributed by atoms with van der Waals surface area (Å²) in [6, 6.07) is 0. The normalized spacial score (nSPS) is 39.1. The van der Waals surface area contributed by atoms with Crippen molar-refractivity contribution < 1.29 is 13.6 Å². The number of hydrogen-bond acceptors (Lipinski definition) is 4. The van der Waals surface area contributed by atoms with Crippen molar-refractivity contribution in [2.24, 2.45) is 0 Å². The number of hydrogen-bond donors (Lipinski definition) is 1. The van der Waals surface area contributed by atoms with E-state index in [4.69, 9.17) is 9.05 Å². The Bertz CT molecular complexity index is 339. The molecule has 0 aliphatic carbocycles. The monoisotopic (exact) mass is 261 g/mol. The molecule has 2 saturated heterocycles. The highest BCUT2D eigenvalue weighted by Gasteiger charge is 2.57. The molecule has 0 saturated carbocycles. The van der Waals surface area contributed by atoms with E-state index in [2.05, 4.69) is 5.32 Å². The smallest absolute Gasteiger partial charge is 0.301 e. The first-order chi connectivity index (χ1) is 7.58. The average molecular weight is 261 g/mol. The topological polar surface area (TPSA) is 47.6 Å². The van der Waals surface area contributed by atoms with Crippen molar-refractivity contribution in [3.05, 3.63) is 0 Å². The van der Waals surface area contributed by atoms with Crippen molar-refractivity contribution in [3.8, 4) is 0 Å². The Labute approximate surface area is 104 Å². The fourth-order valence-electron chi connectivity index (χ4n) is 3.07. The van der Waals surface area contributed by atoms with Gasteiger partial charge in [-0.15, -0.1) is 0 Å². The zero-order valence-corrected chi connectivity index (χ0v) is 12.4. The molecule has 5 heteroatoms. The summed E-state index contributed by atoms with van der Waals surface area (Å²) < 4.78 is 24.8. The first-order valence-electron chi connectivity index (χ1n) is 6.34. The first kappa shape index (κ1) is 13.5. The van der Waals surface area contributed by atoms with Gasteiger partial charge in [-0.25, -0.2) is 0 Å². The number of rotatable bonds is 1. The first-order valence-corrected chi connectivity index (χ1v) is 7.89. The molecule has 2 aliphatic rings. The molecule has 2 fully saturated rings. The Morgan fingerprint density at radius 1 is 1.06 bits per heavy atom. The van der Waals surface area contributed by atoms with Crippen molar-refractivity contribution in [1.82, 2.24) is 5.32 Å². The molecule has 2 heterocycles. The minimum atomic E-state index is -3.13. The molecule has 0 spiro atoms. The summed E-state index contributed by atoms with van der Waals surface area (Å²) in [4.78, 5) is 0. The second-order valence-electron chi connectivity index (χ2n) is 6.68. The van der Waals surface area contributed by atoms with Gasteiger partial charge in [-0.3, -0.25) is 4.57 Å². The Morgan fingerprint density at radius 2 is 1.59 bits per heavy atom. The van der Waals surface area contributed by atoms with E-state index in [1.54, 1.807) is 0 Å². The molecule has 0 bridgehead atoms. The average Bonchev–Trinajstić information content (AvgIpc) is 2.46. The summed E-state index contributed by atoms with van der Waals surface area (Å²) in [5.41, 5.74) is -0.797. The summed E-state index contributed by atoms with van der Waals surface area (Å²) in [6.45, 7) is 10.8. The second kappa shape index (κ2) is 3.80. The van der Waals surface area contributed by atoms with Crippen LogP contribution in [0.3, 0.4) is 0 Å². The molecule has 100 valence electrons. The van der Waals surface area contributed by atoms with Crippen LogP contribution in [0, 0.1) is 0 Å². The maximum atomic E-state index is 13.1. The largest absolute Gasteiger partial charge is 0.351 e. The van der Waals surface area contributed by atoms with Crippen molar-refractivity contribution >= 4 is 7.60 Å². The van der Waals surface area contributed by atoms with Crippen LogP contribution in [0.4, 0.5) is 0 Å². The third-order valence-corrected chi connectivity index (χ3v) is 6.60. The molecule has 0 amide bonds. The van der Waals surface area contributed by atoms with E-state index < -0.39 is 24.1 Å². The van der Waals surface area contributed by atoms with Crippen molar-refractivity contribution in [2.75, 3.05) is 6.54 Å². The standard InChI is InChI=1S/C12H24NO3P/c1-10(2)9-11(3,4)16-17(14,15-10)12(5)7-6-8-13-12/h13H,6-9H2,1-5H3. The van der Waals surface area contributed by atoms with Crippen molar-refractivity contribution in [2.45, 2.75) is 70.4 Å². The molecule has 2 aliphatic heterocycles. The molecule has 0 aromatic heterocycles. The summed E-state index contributed by atoms with van der Waals surface area (Å²) in [5.74, 6) is 0. The zero-order valence-electron chi connectivity index (χ0n) is 11.5. The van der Waals surface area contributed by atoms with Crippen LogP contribution in [0.25, 0.3) is 0 Å². The van der Waals surface area contributed by atoms with E-state index in [1.165, 1.54) is 0 Å². The summed E-state index contributed by atoms with van der Waals surface area (Å²) in [5, 5.41) is 2.78. The molecule has 1 unspecified atom stereocenters. The van der Waals surface area contributed by atoms with Crippen LogP contribution in [0.1, 0.15) is 53.9 Å². The highest BCUT2D eigenvalue weighted by molar-refractivity contribution is 7.55. The van der Waals surface area contributed by atoms with Crippen LogP contribution in [0.2, 0.25) is 0 Å². The van der Waals surface area contributed by atoms with Gasteiger partial charge in [0, 0.05) is 6.42 Å². The van der Waals surface area contributed by atoms with Gasteiger partial charge in [-0.2, -0.15) is 0 Å². The van der Waals surface area contributed by atoms with Gasteiger partial charge in [-0.05, 0) is 54.0 Å². The van der Waals surface area contributed by atoms with Crippen LogP contribution in [0.15, 0.2) is 0 Å². The van der Waals surface area contributed by atoms with E-state index in [1.807, 2.05) is 34.6 Å². The molecule has 2 rings (SSSR count). The summed E-state index contributed by atoms with van der Waals surface area (Å²) in [6.07, 6.45) is 2.62. The van der Waals surface area contributed by atoms with Gasteiger partial charge >= 0.3 is 7.60 Å². The predicted molar refractivity (Wildman–Crippen MR) is 68.2 cm³/mol. The van der Waals surface area contributed by atoms with E-state index in [9.17, 15) is 4.57 Å². The molecule has 1 atom stereocenters.